The SMILES string of the molecule is CCCCOC(=O)c1cc2c(cn1)c1ccccc1n2C. The first-order valence-electron chi connectivity index (χ1n) is 7.22. The molecular formula is C17H18N2O2. The highest BCUT2D eigenvalue weighted by Crippen LogP contribution is 2.27. The number of unbranched alkanes of at least 4 members (excludes halogenated alkanes) is 1. The Balaban J connectivity index is 2.02. The van der Waals surface area contributed by atoms with E-state index < -0.39 is 0 Å². The van der Waals surface area contributed by atoms with E-state index >= 15 is 0 Å². The van der Waals surface area contributed by atoms with Gasteiger partial charge in [-0.15, -0.1) is 0 Å². The van der Waals surface area contributed by atoms with E-state index in [1.165, 1.54) is 0 Å². The third kappa shape index (κ3) is 2.37. The van der Waals surface area contributed by atoms with Crippen molar-refractivity contribution in [3.05, 3.63) is 42.2 Å². The highest BCUT2D eigenvalue weighted by molar-refractivity contribution is 6.08. The molecule has 0 amide bonds. The van der Waals surface area contributed by atoms with Gasteiger partial charge in [-0.25, -0.2) is 9.78 Å². The normalized spacial score (nSPS) is 11.1. The Morgan fingerprint density at radius 2 is 2.05 bits per heavy atom. The predicted molar refractivity (Wildman–Crippen MR) is 83.4 cm³/mol. The fourth-order valence-electron chi connectivity index (χ4n) is 2.55. The van der Waals surface area contributed by atoms with Crippen molar-refractivity contribution >= 4 is 27.8 Å². The van der Waals surface area contributed by atoms with Gasteiger partial charge in [0.25, 0.3) is 0 Å². The van der Waals surface area contributed by atoms with E-state index in [9.17, 15) is 4.79 Å². The molecule has 0 spiro atoms. The number of carbonyl (C=O) groups excluding carboxylic acids is 1. The van der Waals surface area contributed by atoms with Gasteiger partial charge in [0.2, 0.25) is 0 Å². The zero-order valence-corrected chi connectivity index (χ0v) is 12.3. The van der Waals surface area contributed by atoms with Gasteiger partial charge in [-0.1, -0.05) is 31.5 Å². The van der Waals surface area contributed by atoms with E-state index in [2.05, 4.69) is 28.6 Å². The average Bonchev–Trinajstić information content (AvgIpc) is 2.81. The van der Waals surface area contributed by atoms with Crippen LogP contribution >= 0.6 is 0 Å². The van der Waals surface area contributed by atoms with Crippen molar-refractivity contribution in [2.24, 2.45) is 7.05 Å². The van der Waals surface area contributed by atoms with Gasteiger partial charge < -0.3 is 9.30 Å². The largest absolute Gasteiger partial charge is 0.461 e. The van der Waals surface area contributed by atoms with Crippen molar-refractivity contribution in [3.63, 3.8) is 0 Å². The van der Waals surface area contributed by atoms with Gasteiger partial charge in [-0.2, -0.15) is 0 Å². The van der Waals surface area contributed by atoms with Crippen molar-refractivity contribution < 1.29 is 9.53 Å². The number of ether oxygens (including phenoxy) is 1. The van der Waals surface area contributed by atoms with Gasteiger partial charge >= 0.3 is 5.97 Å². The molecule has 3 rings (SSSR count). The van der Waals surface area contributed by atoms with E-state index in [0.717, 1.165) is 34.6 Å². The minimum absolute atomic E-state index is 0.351. The van der Waals surface area contributed by atoms with Crippen LogP contribution in [0.3, 0.4) is 0 Å². The van der Waals surface area contributed by atoms with Crippen LogP contribution in [0.4, 0.5) is 0 Å². The lowest BCUT2D eigenvalue weighted by Crippen LogP contribution is -2.08. The molecule has 0 aliphatic heterocycles. The third-order valence-corrected chi connectivity index (χ3v) is 3.74. The Morgan fingerprint density at radius 3 is 2.86 bits per heavy atom. The first-order valence-corrected chi connectivity index (χ1v) is 7.22. The Hall–Kier alpha value is -2.36. The van der Waals surface area contributed by atoms with Crippen LogP contribution in [-0.2, 0) is 11.8 Å². The quantitative estimate of drug-likeness (QED) is 0.541. The van der Waals surface area contributed by atoms with Crippen LogP contribution in [0.5, 0.6) is 0 Å². The van der Waals surface area contributed by atoms with Gasteiger partial charge in [-0.3, -0.25) is 0 Å². The maximum Gasteiger partial charge on any atom is 0.356 e. The summed E-state index contributed by atoms with van der Waals surface area (Å²) in [5.41, 5.74) is 2.49. The Labute approximate surface area is 123 Å². The summed E-state index contributed by atoms with van der Waals surface area (Å²) in [7, 11) is 2.00. The predicted octanol–water partition coefficient (Wildman–Crippen LogP) is 3.68. The molecule has 0 radical (unpaired) electrons. The van der Waals surface area contributed by atoms with Crippen molar-refractivity contribution in [2.75, 3.05) is 6.61 Å². The number of fused-ring (bicyclic) bond motifs is 3. The van der Waals surface area contributed by atoms with Crippen molar-refractivity contribution in [1.29, 1.82) is 0 Å². The molecule has 21 heavy (non-hydrogen) atoms. The first-order chi connectivity index (χ1) is 10.2. The highest BCUT2D eigenvalue weighted by Gasteiger charge is 2.13. The summed E-state index contributed by atoms with van der Waals surface area (Å²) in [5.74, 6) is -0.351. The number of aryl methyl sites for hydroxylation is 1. The Morgan fingerprint density at radius 1 is 1.24 bits per heavy atom. The molecule has 0 aliphatic rings. The number of hydrogen-bond donors (Lipinski definition) is 0. The van der Waals surface area contributed by atoms with Crippen LogP contribution in [0.25, 0.3) is 21.8 Å². The molecule has 0 saturated carbocycles. The summed E-state index contributed by atoms with van der Waals surface area (Å²) in [4.78, 5) is 16.3. The number of hydrogen-bond acceptors (Lipinski definition) is 3. The summed E-state index contributed by atoms with van der Waals surface area (Å²) in [6.45, 7) is 2.51. The minimum atomic E-state index is -0.351. The van der Waals surface area contributed by atoms with Crippen LogP contribution in [0.1, 0.15) is 30.3 Å². The molecular weight excluding hydrogens is 264 g/mol. The number of pyridine rings is 1. The molecule has 2 aromatic heterocycles. The summed E-state index contributed by atoms with van der Waals surface area (Å²) < 4.78 is 7.30. The Kier molecular flexibility index (Phi) is 3.60. The van der Waals surface area contributed by atoms with Crippen LogP contribution in [-0.4, -0.2) is 22.1 Å². The molecule has 0 aliphatic carbocycles. The van der Waals surface area contributed by atoms with Crippen LogP contribution in [0.15, 0.2) is 36.5 Å². The Bertz CT molecular complexity index is 805. The van der Waals surface area contributed by atoms with Gasteiger partial charge in [0.1, 0.15) is 5.69 Å². The van der Waals surface area contributed by atoms with E-state index in [1.54, 1.807) is 6.20 Å². The number of nitrogens with zero attached hydrogens (tertiary/aromatic N) is 2. The summed E-state index contributed by atoms with van der Waals surface area (Å²) in [6.07, 6.45) is 3.64. The van der Waals surface area contributed by atoms with Crippen LogP contribution < -0.4 is 0 Å². The smallest absolute Gasteiger partial charge is 0.356 e. The average molecular weight is 282 g/mol. The van der Waals surface area contributed by atoms with Gasteiger partial charge in [0.15, 0.2) is 0 Å². The topological polar surface area (TPSA) is 44.1 Å². The molecule has 0 bridgehead atoms. The molecule has 4 heteroatoms. The number of carbonyl (C=O) groups is 1. The lowest BCUT2D eigenvalue weighted by Gasteiger charge is -2.04. The van der Waals surface area contributed by atoms with Crippen molar-refractivity contribution in [3.8, 4) is 0 Å². The lowest BCUT2D eigenvalue weighted by atomic mass is 10.2. The van der Waals surface area contributed by atoms with Gasteiger partial charge in [0, 0.05) is 29.5 Å². The number of benzene rings is 1. The summed E-state index contributed by atoms with van der Waals surface area (Å²) >= 11 is 0. The van der Waals surface area contributed by atoms with Crippen molar-refractivity contribution in [1.82, 2.24) is 9.55 Å². The molecule has 4 nitrogen and oxygen atoms in total. The zero-order valence-electron chi connectivity index (χ0n) is 12.3. The number of aromatic nitrogens is 2. The van der Waals surface area contributed by atoms with Crippen molar-refractivity contribution in [2.45, 2.75) is 19.8 Å². The van der Waals surface area contributed by atoms with E-state index in [4.69, 9.17) is 4.74 Å². The molecule has 0 unspecified atom stereocenters. The molecule has 2 heterocycles. The second-order valence-corrected chi connectivity index (χ2v) is 5.15. The molecule has 0 fully saturated rings. The third-order valence-electron chi connectivity index (χ3n) is 3.74. The molecule has 0 atom stereocenters. The van der Waals surface area contributed by atoms with Crippen LogP contribution in [0, 0.1) is 0 Å². The number of para-hydroxylation sites is 1. The fraction of sp³-hybridized carbons (Fsp3) is 0.294. The van der Waals surface area contributed by atoms with E-state index in [1.807, 2.05) is 25.2 Å². The zero-order chi connectivity index (χ0) is 14.8. The second-order valence-electron chi connectivity index (χ2n) is 5.15. The lowest BCUT2D eigenvalue weighted by molar-refractivity contribution is 0.0493. The molecule has 0 saturated heterocycles. The fourth-order valence-corrected chi connectivity index (χ4v) is 2.55. The van der Waals surface area contributed by atoms with E-state index in [0.29, 0.717) is 12.3 Å². The highest BCUT2D eigenvalue weighted by atomic mass is 16.5. The molecule has 3 aromatic rings. The second kappa shape index (κ2) is 5.56. The van der Waals surface area contributed by atoms with Gasteiger partial charge in [-0.05, 0) is 18.6 Å². The molecule has 0 N–H and O–H groups in total. The summed E-state index contributed by atoms with van der Waals surface area (Å²) in [6, 6.07) is 9.96. The number of esters is 1. The summed E-state index contributed by atoms with van der Waals surface area (Å²) in [5, 5.41) is 2.20. The molecule has 108 valence electrons. The maximum absolute atomic E-state index is 12.0. The standard InChI is InChI=1S/C17H18N2O2/c1-3-4-9-21-17(20)14-10-16-13(11-18-14)12-7-5-6-8-15(12)19(16)2/h5-8,10-11H,3-4,9H2,1-2H3. The monoisotopic (exact) mass is 282 g/mol. The van der Waals surface area contributed by atoms with Crippen LogP contribution in [0.2, 0.25) is 0 Å². The van der Waals surface area contributed by atoms with Gasteiger partial charge in [0.05, 0.1) is 12.1 Å². The first kappa shape index (κ1) is 13.6. The maximum atomic E-state index is 12.0. The van der Waals surface area contributed by atoms with E-state index in [-0.39, 0.29) is 5.97 Å². The molecule has 1 aromatic carbocycles. The minimum Gasteiger partial charge on any atom is -0.461 e. The number of rotatable bonds is 4.